The second-order valence-electron chi connectivity index (χ2n) is 7.35. The number of phenolic OH excluding ortho intramolecular Hbond substituents is 1. The Labute approximate surface area is 192 Å². The van der Waals surface area contributed by atoms with Crippen LogP contribution in [0.15, 0.2) is 36.4 Å². The van der Waals surface area contributed by atoms with Crippen molar-refractivity contribution in [3.8, 4) is 11.5 Å². The van der Waals surface area contributed by atoms with E-state index in [1.807, 2.05) is 6.92 Å². The van der Waals surface area contributed by atoms with Crippen molar-refractivity contribution < 1.29 is 37.3 Å². The monoisotopic (exact) mass is 483 g/mol. The summed E-state index contributed by atoms with van der Waals surface area (Å²) in [6.45, 7) is 3.86. The van der Waals surface area contributed by atoms with E-state index in [0.717, 1.165) is 25.0 Å². The van der Waals surface area contributed by atoms with Crippen molar-refractivity contribution in [2.45, 2.75) is 39.5 Å². The minimum Gasteiger partial charge on any atom is -0.506 e. The van der Waals surface area contributed by atoms with Gasteiger partial charge in [-0.3, -0.25) is 14.2 Å². The first-order valence-corrected chi connectivity index (χ1v) is 10.5. The molecule has 1 aromatic heterocycles. The number of benzene rings is 2. The summed E-state index contributed by atoms with van der Waals surface area (Å²) in [5, 5.41) is 10.5. The zero-order valence-corrected chi connectivity index (χ0v) is 18.6. The number of hydrogen-bond acceptors (Lipinski definition) is 5. The minimum absolute atomic E-state index is 0.0000439. The summed E-state index contributed by atoms with van der Waals surface area (Å²) in [7, 11) is 0. The molecule has 0 aliphatic carbocycles. The molecule has 0 amide bonds. The smallest absolute Gasteiger partial charge is 0.506 e. The summed E-state index contributed by atoms with van der Waals surface area (Å²) < 4.78 is 47.6. The van der Waals surface area contributed by atoms with E-state index in [4.69, 9.17) is 16.3 Å². The van der Waals surface area contributed by atoms with E-state index in [1.165, 1.54) is 28.8 Å². The number of ether oxygens (including phenoxy) is 2. The van der Waals surface area contributed by atoms with Crippen LogP contribution in [0.3, 0.4) is 0 Å². The fourth-order valence-electron chi connectivity index (χ4n) is 3.43. The Kier molecular flexibility index (Phi) is 7.22. The number of carbonyl (C=O) groups excluding carboxylic acids is 2. The van der Waals surface area contributed by atoms with Gasteiger partial charge in [0.15, 0.2) is 0 Å². The molecule has 3 aromatic rings. The molecule has 176 valence electrons. The predicted molar refractivity (Wildman–Crippen MR) is 116 cm³/mol. The van der Waals surface area contributed by atoms with Crippen molar-refractivity contribution in [2.75, 3.05) is 6.61 Å². The number of alkyl halides is 3. The van der Waals surface area contributed by atoms with Gasteiger partial charge in [-0.25, -0.2) is 0 Å². The van der Waals surface area contributed by atoms with Crippen LogP contribution in [-0.2, 0) is 16.0 Å². The number of carbonyl (C=O) groups is 2. The van der Waals surface area contributed by atoms with Crippen LogP contribution in [0.5, 0.6) is 11.5 Å². The van der Waals surface area contributed by atoms with E-state index < -0.39 is 24.0 Å². The first kappa shape index (κ1) is 24.4. The number of esters is 1. The fourth-order valence-corrected chi connectivity index (χ4v) is 3.59. The summed E-state index contributed by atoms with van der Waals surface area (Å²) in [6.07, 6.45) is -3.40. The molecule has 0 aliphatic heterocycles. The van der Waals surface area contributed by atoms with Crippen LogP contribution in [0.1, 0.15) is 41.4 Å². The van der Waals surface area contributed by atoms with Crippen LogP contribution < -0.4 is 4.74 Å². The molecular formula is C23H21ClF3NO5. The quantitative estimate of drug-likeness (QED) is 0.340. The average Bonchev–Trinajstić information content (AvgIpc) is 2.98. The molecule has 1 N–H and O–H groups in total. The molecule has 0 bridgehead atoms. The second kappa shape index (κ2) is 9.74. The molecular weight excluding hydrogens is 463 g/mol. The van der Waals surface area contributed by atoms with Crippen molar-refractivity contribution in [3.63, 3.8) is 0 Å². The summed E-state index contributed by atoms with van der Waals surface area (Å²) in [4.78, 5) is 25.6. The highest BCUT2D eigenvalue weighted by atomic mass is 35.5. The third-order valence-corrected chi connectivity index (χ3v) is 5.33. The Hall–Kier alpha value is -3.20. The summed E-state index contributed by atoms with van der Waals surface area (Å²) in [5.41, 5.74) is 1.32. The molecule has 0 saturated heterocycles. The molecule has 0 aliphatic rings. The highest BCUT2D eigenvalue weighted by molar-refractivity contribution is 6.33. The van der Waals surface area contributed by atoms with Crippen molar-refractivity contribution in [1.82, 2.24) is 4.57 Å². The van der Waals surface area contributed by atoms with Crippen molar-refractivity contribution >= 4 is 34.4 Å². The number of aromatic hydroxyl groups is 1. The first-order valence-electron chi connectivity index (χ1n) is 10.1. The number of fused-ring (bicyclic) bond motifs is 1. The van der Waals surface area contributed by atoms with Gasteiger partial charge in [-0.1, -0.05) is 24.9 Å². The number of aromatic nitrogens is 1. The predicted octanol–water partition coefficient (Wildman–Crippen LogP) is 5.78. The SMILES string of the molecule is CCCCOC(=O)Cc1c(C)n(C(=O)c2ccc(OC(F)(F)F)cc2)c2cc(Cl)c(O)cc12. The maximum Gasteiger partial charge on any atom is 0.573 e. The first-order chi connectivity index (χ1) is 15.5. The van der Waals surface area contributed by atoms with Gasteiger partial charge in [-0.15, -0.1) is 13.2 Å². The number of phenols is 1. The molecule has 1 heterocycles. The number of hydrogen-bond donors (Lipinski definition) is 1. The van der Waals surface area contributed by atoms with Gasteiger partial charge in [0.25, 0.3) is 5.91 Å². The minimum atomic E-state index is -4.85. The molecule has 3 rings (SSSR count). The normalized spacial score (nSPS) is 11.6. The van der Waals surface area contributed by atoms with Gasteiger partial charge in [0, 0.05) is 16.6 Å². The Morgan fingerprint density at radius 1 is 1.15 bits per heavy atom. The van der Waals surface area contributed by atoms with Gasteiger partial charge >= 0.3 is 12.3 Å². The van der Waals surface area contributed by atoms with Gasteiger partial charge < -0.3 is 14.6 Å². The van der Waals surface area contributed by atoms with Gasteiger partial charge in [-0.05, 0) is 55.3 Å². The Morgan fingerprint density at radius 3 is 2.42 bits per heavy atom. The fraction of sp³-hybridized carbons (Fsp3) is 0.304. The Balaban J connectivity index is 2.01. The molecule has 10 heteroatoms. The van der Waals surface area contributed by atoms with Gasteiger partial charge in [-0.2, -0.15) is 0 Å². The molecule has 0 atom stereocenters. The third-order valence-electron chi connectivity index (χ3n) is 5.02. The average molecular weight is 484 g/mol. The molecule has 0 unspecified atom stereocenters. The van der Waals surface area contributed by atoms with Gasteiger partial charge in [0.1, 0.15) is 11.5 Å². The summed E-state index contributed by atoms with van der Waals surface area (Å²) in [6, 6.07) is 7.23. The van der Waals surface area contributed by atoms with Crippen LogP contribution in [0.4, 0.5) is 13.2 Å². The van der Waals surface area contributed by atoms with Crippen molar-refractivity contribution in [1.29, 1.82) is 0 Å². The van der Waals surface area contributed by atoms with Crippen LogP contribution >= 0.6 is 11.6 Å². The number of nitrogens with zero attached hydrogens (tertiary/aromatic N) is 1. The van der Waals surface area contributed by atoms with Gasteiger partial charge in [0.05, 0.1) is 23.6 Å². The standard InChI is InChI=1S/C23H21ClF3NO5/c1-3-4-9-32-21(30)11-16-13(2)28(19-12-18(24)20(29)10-17(16)19)22(31)14-5-7-15(8-6-14)33-23(25,26)27/h5-8,10,12,29H,3-4,9,11H2,1-2H3. The van der Waals surface area contributed by atoms with Crippen molar-refractivity contribution in [3.05, 3.63) is 58.2 Å². The number of rotatable bonds is 7. The molecule has 0 fully saturated rings. The lowest BCUT2D eigenvalue weighted by Crippen LogP contribution is -2.17. The van der Waals surface area contributed by atoms with E-state index in [0.29, 0.717) is 22.2 Å². The van der Waals surface area contributed by atoms with Gasteiger partial charge in [0.2, 0.25) is 0 Å². The topological polar surface area (TPSA) is 77.8 Å². The lowest BCUT2D eigenvalue weighted by atomic mass is 10.1. The molecule has 0 spiro atoms. The Morgan fingerprint density at radius 2 is 1.82 bits per heavy atom. The van der Waals surface area contributed by atoms with Crippen LogP contribution in [0, 0.1) is 6.92 Å². The number of unbranched alkanes of at least 4 members (excludes halogenated alkanes) is 1. The summed E-state index contributed by atoms with van der Waals surface area (Å²) >= 11 is 6.06. The van der Waals surface area contributed by atoms with E-state index >= 15 is 0 Å². The van der Waals surface area contributed by atoms with Crippen LogP contribution in [0.25, 0.3) is 10.9 Å². The number of halogens is 4. The van der Waals surface area contributed by atoms with Crippen molar-refractivity contribution in [2.24, 2.45) is 0 Å². The highest BCUT2D eigenvalue weighted by Crippen LogP contribution is 2.35. The Bertz CT molecular complexity index is 1190. The van der Waals surface area contributed by atoms with Crippen LogP contribution in [-0.4, -0.2) is 34.5 Å². The van der Waals surface area contributed by atoms with E-state index in [2.05, 4.69) is 4.74 Å². The van der Waals surface area contributed by atoms with E-state index in [9.17, 15) is 27.9 Å². The van der Waals surface area contributed by atoms with E-state index in [1.54, 1.807) is 6.92 Å². The van der Waals surface area contributed by atoms with E-state index in [-0.39, 0.29) is 29.4 Å². The zero-order valence-electron chi connectivity index (χ0n) is 17.8. The molecule has 33 heavy (non-hydrogen) atoms. The maximum absolute atomic E-state index is 13.3. The highest BCUT2D eigenvalue weighted by Gasteiger charge is 2.31. The largest absolute Gasteiger partial charge is 0.573 e. The molecule has 6 nitrogen and oxygen atoms in total. The summed E-state index contributed by atoms with van der Waals surface area (Å²) in [5.74, 6) is -1.72. The molecule has 0 radical (unpaired) electrons. The lowest BCUT2D eigenvalue weighted by Gasteiger charge is -2.11. The lowest BCUT2D eigenvalue weighted by molar-refractivity contribution is -0.274. The zero-order chi connectivity index (χ0) is 24.3. The molecule has 0 saturated carbocycles. The molecule has 2 aromatic carbocycles. The third kappa shape index (κ3) is 5.60. The van der Waals surface area contributed by atoms with Crippen LogP contribution in [0.2, 0.25) is 5.02 Å². The second-order valence-corrected chi connectivity index (χ2v) is 7.76. The maximum atomic E-state index is 13.3.